The lowest BCUT2D eigenvalue weighted by molar-refractivity contribution is -0.113. The maximum atomic E-state index is 12.2. The number of thioether (sulfide) groups is 1. The molecule has 2 heterocycles. The number of benzene rings is 1. The van der Waals surface area contributed by atoms with Crippen LogP contribution in [0.2, 0.25) is 10.0 Å². The van der Waals surface area contributed by atoms with Crippen molar-refractivity contribution in [1.82, 2.24) is 19.7 Å². The van der Waals surface area contributed by atoms with Crippen LogP contribution in [-0.2, 0) is 11.3 Å². The third kappa shape index (κ3) is 4.17. The fourth-order valence-corrected chi connectivity index (χ4v) is 3.46. The zero-order valence-corrected chi connectivity index (χ0v) is 16.1. The Morgan fingerprint density at radius 3 is 2.81 bits per heavy atom. The van der Waals surface area contributed by atoms with Gasteiger partial charge in [0.2, 0.25) is 5.91 Å². The third-order valence-electron chi connectivity index (χ3n) is 3.51. The van der Waals surface area contributed by atoms with Crippen molar-refractivity contribution in [3.8, 4) is 11.4 Å². The molecule has 0 aliphatic rings. The van der Waals surface area contributed by atoms with E-state index in [1.807, 2.05) is 23.6 Å². The number of rotatable bonds is 6. The average Bonchev–Trinajstić information content (AvgIpc) is 3.07. The highest BCUT2D eigenvalue weighted by Gasteiger charge is 2.15. The lowest BCUT2D eigenvalue weighted by atomic mass is 10.3. The maximum absolute atomic E-state index is 12.2. The molecular formula is C17H15Cl2N5OS. The van der Waals surface area contributed by atoms with Crippen molar-refractivity contribution in [1.29, 1.82) is 0 Å². The highest BCUT2D eigenvalue weighted by atomic mass is 35.5. The molecule has 9 heteroatoms. The van der Waals surface area contributed by atoms with Crippen LogP contribution < -0.4 is 5.32 Å². The van der Waals surface area contributed by atoms with Gasteiger partial charge in [0.25, 0.3) is 0 Å². The molecule has 2 aromatic heterocycles. The number of carbonyl (C=O) groups is 1. The standard InChI is InChI=1S/C17H15Cl2N5OS/c1-2-24-16(11-5-4-8-20-9-11)22-23-17(24)26-10-14(25)21-13-7-3-6-12(18)15(13)19/h3-9H,2,10H2,1H3,(H,21,25). The van der Waals surface area contributed by atoms with Crippen molar-refractivity contribution in [2.45, 2.75) is 18.6 Å². The molecule has 3 rings (SSSR count). The van der Waals surface area contributed by atoms with E-state index < -0.39 is 0 Å². The van der Waals surface area contributed by atoms with Gasteiger partial charge in [-0.3, -0.25) is 9.78 Å². The van der Waals surface area contributed by atoms with Crippen molar-refractivity contribution >= 4 is 46.6 Å². The summed E-state index contributed by atoms with van der Waals surface area (Å²) < 4.78 is 1.95. The first-order valence-corrected chi connectivity index (χ1v) is 9.54. The van der Waals surface area contributed by atoms with Crippen molar-refractivity contribution in [3.63, 3.8) is 0 Å². The van der Waals surface area contributed by atoms with Crippen LogP contribution in [0.1, 0.15) is 6.92 Å². The number of amides is 1. The predicted molar refractivity (Wildman–Crippen MR) is 105 cm³/mol. The molecule has 134 valence electrons. The van der Waals surface area contributed by atoms with Gasteiger partial charge in [-0.1, -0.05) is 41.0 Å². The summed E-state index contributed by atoms with van der Waals surface area (Å²) in [5, 5.41) is 12.6. The van der Waals surface area contributed by atoms with E-state index in [9.17, 15) is 4.79 Å². The molecule has 3 aromatic rings. The lowest BCUT2D eigenvalue weighted by Crippen LogP contribution is -2.15. The second-order valence-corrected chi connectivity index (χ2v) is 6.96. The molecule has 0 saturated carbocycles. The van der Waals surface area contributed by atoms with E-state index in [0.717, 1.165) is 11.4 Å². The van der Waals surface area contributed by atoms with Crippen LogP contribution in [-0.4, -0.2) is 31.4 Å². The summed E-state index contributed by atoms with van der Waals surface area (Å²) in [7, 11) is 0. The summed E-state index contributed by atoms with van der Waals surface area (Å²) >= 11 is 13.3. The molecule has 0 spiro atoms. The smallest absolute Gasteiger partial charge is 0.234 e. The molecule has 0 atom stereocenters. The Hall–Kier alpha value is -2.09. The molecule has 6 nitrogen and oxygen atoms in total. The Morgan fingerprint density at radius 1 is 1.23 bits per heavy atom. The van der Waals surface area contributed by atoms with Crippen LogP contribution in [0.15, 0.2) is 47.9 Å². The third-order valence-corrected chi connectivity index (χ3v) is 5.30. The first-order chi connectivity index (χ1) is 12.6. The highest BCUT2D eigenvalue weighted by molar-refractivity contribution is 7.99. The fourth-order valence-electron chi connectivity index (χ4n) is 2.31. The van der Waals surface area contributed by atoms with E-state index in [0.29, 0.717) is 27.4 Å². The highest BCUT2D eigenvalue weighted by Crippen LogP contribution is 2.30. The van der Waals surface area contributed by atoms with E-state index in [4.69, 9.17) is 23.2 Å². The SMILES string of the molecule is CCn1c(SCC(=O)Nc2cccc(Cl)c2Cl)nnc1-c1cccnc1. The summed E-state index contributed by atoms with van der Waals surface area (Å²) in [4.78, 5) is 16.3. The van der Waals surface area contributed by atoms with Crippen LogP contribution in [0.4, 0.5) is 5.69 Å². The molecule has 1 N–H and O–H groups in total. The summed E-state index contributed by atoms with van der Waals surface area (Å²) in [5.41, 5.74) is 1.36. The van der Waals surface area contributed by atoms with Gasteiger partial charge in [0, 0.05) is 24.5 Å². The van der Waals surface area contributed by atoms with E-state index >= 15 is 0 Å². The first-order valence-electron chi connectivity index (χ1n) is 7.80. The number of pyridine rings is 1. The molecule has 0 fully saturated rings. The largest absolute Gasteiger partial charge is 0.324 e. The molecule has 0 bridgehead atoms. The van der Waals surface area contributed by atoms with Gasteiger partial charge in [0.15, 0.2) is 11.0 Å². The topological polar surface area (TPSA) is 72.7 Å². The molecule has 0 radical (unpaired) electrons. The van der Waals surface area contributed by atoms with Gasteiger partial charge in [-0.25, -0.2) is 0 Å². The lowest BCUT2D eigenvalue weighted by Gasteiger charge is -2.09. The van der Waals surface area contributed by atoms with Gasteiger partial charge in [-0.05, 0) is 31.2 Å². The van der Waals surface area contributed by atoms with Gasteiger partial charge in [-0.2, -0.15) is 0 Å². The summed E-state index contributed by atoms with van der Waals surface area (Å²) in [6.45, 7) is 2.68. The number of nitrogens with one attached hydrogen (secondary N) is 1. The Balaban J connectivity index is 1.69. The van der Waals surface area contributed by atoms with Crippen LogP contribution in [0.5, 0.6) is 0 Å². The van der Waals surface area contributed by atoms with Crippen molar-refractivity contribution in [2.24, 2.45) is 0 Å². The second kappa shape index (κ2) is 8.53. The molecule has 0 unspecified atom stereocenters. The van der Waals surface area contributed by atoms with Crippen molar-refractivity contribution in [2.75, 3.05) is 11.1 Å². The maximum Gasteiger partial charge on any atom is 0.234 e. The Kier molecular flexibility index (Phi) is 6.13. The number of aromatic nitrogens is 4. The molecule has 0 saturated heterocycles. The second-order valence-electron chi connectivity index (χ2n) is 5.23. The van der Waals surface area contributed by atoms with Crippen LogP contribution in [0.25, 0.3) is 11.4 Å². The van der Waals surface area contributed by atoms with E-state index in [-0.39, 0.29) is 11.7 Å². The molecule has 1 aromatic carbocycles. The molecule has 0 aliphatic carbocycles. The van der Waals surface area contributed by atoms with Gasteiger partial charge in [-0.15, -0.1) is 10.2 Å². The number of hydrogen-bond donors (Lipinski definition) is 1. The number of nitrogens with zero attached hydrogens (tertiary/aromatic N) is 4. The van der Waals surface area contributed by atoms with Gasteiger partial charge in [0.1, 0.15) is 0 Å². The zero-order chi connectivity index (χ0) is 18.5. The van der Waals surface area contributed by atoms with E-state index in [1.165, 1.54) is 11.8 Å². The molecule has 1 amide bonds. The number of halogens is 2. The Bertz CT molecular complexity index is 917. The first kappa shape index (κ1) is 18.7. The van der Waals surface area contributed by atoms with Gasteiger partial charge >= 0.3 is 0 Å². The molecule has 0 aliphatic heterocycles. The average molecular weight is 408 g/mol. The zero-order valence-electron chi connectivity index (χ0n) is 13.8. The van der Waals surface area contributed by atoms with Gasteiger partial charge < -0.3 is 9.88 Å². The van der Waals surface area contributed by atoms with Crippen LogP contribution in [0, 0.1) is 0 Å². The summed E-state index contributed by atoms with van der Waals surface area (Å²) in [6.07, 6.45) is 3.44. The number of anilines is 1. The van der Waals surface area contributed by atoms with Gasteiger partial charge in [0.05, 0.1) is 21.5 Å². The summed E-state index contributed by atoms with van der Waals surface area (Å²) in [6, 6.07) is 8.86. The normalized spacial score (nSPS) is 10.7. The number of hydrogen-bond acceptors (Lipinski definition) is 5. The minimum Gasteiger partial charge on any atom is -0.324 e. The quantitative estimate of drug-likeness (QED) is 0.613. The van der Waals surface area contributed by atoms with Crippen molar-refractivity contribution < 1.29 is 4.79 Å². The van der Waals surface area contributed by atoms with Crippen LogP contribution in [0.3, 0.4) is 0 Å². The van der Waals surface area contributed by atoms with Crippen LogP contribution >= 0.6 is 35.0 Å². The van der Waals surface area contributed by atoms with E-state index in [2.05, 4.69) is 20.5 Å². The van der Waals surface area contributed by atoms with E-state index in [1.54, 1.807) is 30.6 Å². The monoisotopic (exact) mass is 407 g/mol. The Labute approximate surface area is 164 Å². The predicted octanol–water partition coefficient (Wildman–Crippen LogP) is 4.40. The summed E-state index contributed by atoms with van der Waals surface area (Å²) in [5.74, 6) is 0.697. The molecular weight excluding hydrogens is 393 g/mol. The molecule has 26 heavy (non-hydrogen) atoms. The van der Waals surface area contributed by atoms with Crippen molar-refractivity contribution in [3.05, 3.63) is 52.8 Å². The number of carbonyl (C=O) groups excluding carboxylic acids is 1. The Morgan fingerprint density at radius 2 is 2.08 bits per heavy atom. The minimum atomic E-state index is -0.201. The fraction of sp³-hybridized carbons (Fsp3) is 0.176. The minimum absolute atomic E-state index is 0.175.